The first-order valence-electron chi connectivity index (χ1n) is 4.89. The number of methoxy groups -OCH3 is 1. The molecule has 6 heteroatoms. The number of halogens is 1. The Morgan fingerprint density at radius 2 is 2.24 bits per heavy atom. The van der Waals surface area contributed by atoms with Crippen LogP contribution in [0.4, 0.5) is 0 Å². The maximum absolute atomic E-state index is 11.5. The van der Waals surface area contributed by atoms with Crippen LogP contribution in [-0.4, -0.2) is 22.1 Å². The molecule has 2 rings (SSSR count). The number of aromatic amines is 1. The van der Waals surface area contributed by atoms with Crippen molar-refractivity contribution in [3.8, 4) is 17.1 Å². The Hall–Kier alpha value is -1.88. The summed E-state index contributed by atoms with van der Waals surface area (Å²) in [4.78, 5) is 22.3. The number of ether oxygens (including phenoxy) is 1. The van der Waals surface area contributed by atoms with Crippen molar-refractivity contribution < 1.29 is 4.74 Å². The average molecular weight is 252 g/mol. The van der Waals surface area contributed by atoms with Crippen molar-refractivity contribution in [3.63, 3.8) is 0 Å². The van der Waals surface area contributed by atoms with E-state index in [1.165, 1.54) is 7.11 Å². The standard InChI is InChI=1S/C11H10ClN3O2/c1-6-14-9(8(12)10(16)15-6)7-4-3-5-13-11(7)17-2/h3-5H,1-2H3,(H,14,15,16). The van der Waals surface area contributed by atoms with E-state index in [1.54, 1.807) is 25.3 Å². The highest BCUT2D eigenvalue weighted by atomic mass is 35.5. The lowest BCUT2D eigenvalue weighted by atomic mass is 10.2. The number of nitrogens with zero attached hydrogens (tertiary/aromatic N) is 2. The van der Waals surface area contributed by atoms with E-state index in [0.717, 1.165) is 0 Å². The van der Waals surface area contributed by atoms with Gasteiger partial charge in [0.05, 0.1) is 12.7 Å². The number of rotatable bonds is 2. The molecule has 2 aromatic rings. The molecule has 2 heterocycles. The number of H-pyrrole nitrogens is 1. The number of pyridine rings is 1. The average Bonchev–Trinajstić information content (AvgIpc) is 2.33. The summed E-state index contributed by atoms with van der Waals surface area (Å²) in [6.07, 6.45) is 1.59. The molecule has 0 atom stereocenters. The number of hydrogen-bond acceptors (Lipinski definition) is 4. The van der Waals surface area contributed by atoms with E-state index in [9.17, 15) is 4.79 Å². The van der Waals surface area contributed by atoms with Gasteiger partial charge in [-0.3, -0.25) is 4.79 Å². The van der Waals surface area contributed by atoms with Crippen LogP contribution in [0.5, 0.6) is 5.88 Å². The molecule has 0 bridgehead atoms. The van der Waals surface area contributed by atoms with Crippen molar-refractivity contribution in [2.45, 2.75) is 6.92 Å². The molecule has 0 fully saturated rings. The summed E-state index contributed by atoms with van der Waals surface area (Å²) in [6, 6.07) is 3.48. The third-order valence-electron chi connectivity index (χ3n) is 2.20. The molecule has 0 amide bonds. The van der Waals surface area contributed by atoms with E-state index in [0.29, 0.717) is 23.0 Å². The van der Waals surface area contributed by atoms with E-state index < -0.39 is 0 Å². The van der Waals surface area contributed by atoms with E-state index >= 15 is 0 Å². The molecule has 0 aliphatic carbocycles. The quantitative estimate of drug-likeness (QED) is 0.884. The normalized spacial score (nSPS) is 10.3. The van der Waals surface area contributed by atoms with Gasteiger partial charge in [0.25, 0.3) is 5.56 Å². The van der Waals surface area contributed by atoms with E-state index in [1.807, 2.05) is 0 Å². The molecule has 0 radical (unpaired) electrons. The lowest BCUT2D eigenvalue weighted by Crippen LogP contribution is -2.11. The molecule has 1 N–H and O–H groups in total. The summed E-state index contributed by atoms with van der Waals surface area (Å²) in [5.74, 6) is 0.868. The zero-order valence-corrected chi connectivity index (χ0v) is 10.1. The van der Waals surface area contributed by atoms with E-state index in [2.05, 4.69) is 15.0 Å². The van der Waals surface area contributed by atoms with Crippen LogP contribution >= 0.6 is 11.6 Å². The first kappa shape index (κ1) is 11.6. The number of aromatic nitrogens is 3. The highest BCUT2D eigenvalue weighted by molar-refractivity contribution is 6.32. The van der Waals surface area contributed by atoms with Gasteiger partial charge in [0.2, 0.25) is 5.88 Å². The number of aryl methyl sites for hydroxylation is 1. The third-order valence-corrected chi connectivity index (χ3v) is 2.55. The van der Waals surface area contributed by atoms with Crippen molar-refractivity contribution in [2.75, 3.05) is 7.11 Å². The Morgan fingerprint density at radius 3 is 2.94 bits per heavy atom. The summed E-state index contributed by atoms with van der Waals surface area (Å²) in [5, 5.41) is 0.0295. The molecule has 5 nitrogen and oxygen atoms in total. The van der Waals surface area contributed by atoms with Crippen LogP contribution in [0, 0.1) is 6.92 Å². The van der Waals surface area contributed by atoms with Crippen LogP contribution < -0.4 is 10.3 Å². The van der Waals surface area contributed by atoms with Crippen molar-refractivity contribution in [1.82, 2.24) is 15.0 Å². The van der Waals surface area contributed by atoms with Gasteiger partial charge in [-0.05, 0) is 19.1 Å². The zero-order chi connectivity index (χ0) is 12.4. The lowest BCUT2D eigenvalue weighted by Gasteiger charge is -2.07. The molecule has 0 aromatic carbocycles. The topological polar surface area (TPSA) is 67.9 Å². The molecule has 0 saturated carbocycles. The first-order valence-corrected chi connectivity index (χ1v) is 5.27. The van der Waals surface area contributed by atoms with E-state index in [-0.39, 0.29) is 10.6 Å². The van der Waals surface area contributed by atoms with Crippen LogP contribution in [0.25, 0.3) is 11.3 Å². The van der Waals surface area contributed by atoms with Gasteiger partial charge in [0, 0.05) is 6.20 Å². The fourth-order valence-corrected chi connectivity index (χ4v) is 1.67. The first-order chi connectivity index (χ1) is 8.13. The number of nitrogens with one attached hydrogen (secondary N) is 1. The SMILES string of the molecule is COc1ncccc1-c1nc(C)[nH]c(=O)c1Cl. The second-order valence-electron chi connectivity index (χ2n) is 3.37. The van der Waals surface area contributed by atoms with Gasteiger partial charge in [-0.15, -0.1) is 0 Å². The molecule has 17 heavy (non-hydrogen) atoms. The Morgan fingerprint density at radius 1 is 1.47 bits per heavy atom. The smallest absolute Gasteiger partial charge is 0.270 e. The molecule has 2 aromatic heterocycles. The zero-order valence-electron chi connectivity index (χ0n) is 9.32. The van der Waals surface area contributed by atoms with Gasteiger partial charge in [0.15, 0.2) is 0 Å². The van der Waals surface area contributed by atoms with Crippen LogP contribution in [0.15, 0.2) is 23.1 Å². The third kappa shape index (κ3) is 2.14. The highest BCUT2D eigenvalue weighted by Crippen LogP contribution is 2.29. The van der Waals surface area contributed by atoms with Crippen LogP contribution in [0.3, 0.4) is 0 Å². The van der Waals surface area contributed by atoms with Crippen molar-refractivity contribution in [1.29, 1.82) is 0 Å². The van der Waals surface area contributed by atoms with Gasteiger partial charge < -0.3 is 9.72 Å². The van der Waals surface area contributed by atoms with Gasteiger partial charge in [-0.1, -0.05) is 11.6 Å². The fourth-order valence-electron chi connectivity index (χ4n) is 1.48. The highest BCUT2D eigenvalue weighted by Gasteiger charge is 2.14. The molecule has 88 valence electrons. The molecular formula is C11H10ClN3O2. The van der Waals surface area contributed by atoms with Crippen molar-refractivity contribution >= 4 is 11.6 Å². The maximum Gasteiger partial charge on any atom is 0.270 e. The van der Waals surface area contributed by atoms with E-state index in [4.69, 9.17) is 16.3 Å². The fraction of sp³-hybridized carbons (Fsp3) is 0.182. The Bertz CT molecular complexity index is 610. The predicted molar refractivity (Wildman–Crippen MR) is 64.4 cm³/mol. The number of hydrogen-bond donors (Lipinski definition) is 1. The summed E-state index contributed by atoms with van der Waals surface area (Å²) in [7, 11) is 1.50. The summed E-state index contributed by atoms with van der Waals surface area (Å²) in [5.41, 5.74) is 0.590. The lowest BCUT2D eigenvalue weighted by molar-refractivity contribution is 0.399. The summed E-state index contributed by atoms with van der Waals surface area (Å²) in [6.45, 7) is 1.68. The van der Waals surface area contributed by atoms with Gasteiger partial charge in [-0.25, -0.2) is 9.97 Å². The predicted octanol–water partition coefficient (Wildman–Crippen LogP) is 1.80. The van der Waals surface area contributed by atoms with Gasteiger partial charge >= 0.3 is 0 Å². The summed E-state index contributed by atoms with van der Waals surface area (Å²) >= 11 is 5.94. The minimum absolute atomic E-state index is 0.0295. The minimum atomic E-state index is -0.375. The molecular weight excluding hydrogens is 242 g/mol. The van der Waals surface area contributed by atoms with Crippen LogP contribution in [-0.2, 0) is 0 Å². The molecule has 0 saturated heterocycles. The van der Waals surface area contributed by atoms with Crippen molar-refractivity contribution in [2.24, 2.45) is 0 Å². The molecule has 0 unspecified atom stereocenters. The Balaban J connectivity index is 2.72. The Labute approximate surface area is 102 Å². The largest absolute Gasteiger partial charge is 0.481 e. The molecule has 0 aliphatic heterocycles. The minimum Gasteiger partial charge on any atom is -0.481 e. The van der Waals surface area contributed by atoms with Crippen LogP contribution in [0.2, 0.25) is 5.02 Å². The van der Waals surface area contributed by atoms with Gasteiger partial charge in [0.1, 0.15) is 16.5 Å². The maximum atomic E-state index is 11.5. The molecule has 0 aliphatic rings. The summed E-state index contributed by atoms with van der Waals surface area (Å²) < 4.78 is 5.11. The second kappa shape index (κ2) is 4.55. The van der Waals surface area contributed by atoms with Crippen molar-refractivity contribution in [3.05, 3.63) is 39.5 Å². The second-order valence-corrected chi connectivity index (χ2v) is 3.75. The molecule has 0 spiro atoms. The van der Waals surface area contributed by atoms with Crippen LogP contribution in [0.1, 0.15) is 5.82 Å². The Kier molecular flexibility index (Phi) is 3.10. The van der Waals surface area contributed by atoms with Gasteiger partial charge in [-0.2, -0.15) is 0 Å². The monoisotopic (exact) mass is 251 g/mol.